The third kappa shape index (κ3) is 2.55. The van der Waals surface area contributed by atoms with E-state index in [-0.39, 0.29) is 5.69 Å². The molecule has 0 spiro atoms. The minimum absolute atomic E-state index is 0.0823. The predicted octanol–water partition coefficient (Wildman–Crippen LogP) is 1.83. The number of nitrogens with one attached hydrogen (secondary N) is 1. The van der Waals surface area contributed by atoms with Crippen LogP contribution in [0, 0.1) is 10.1 Å². The number of nitrogens with zero attached hydrogens (tertiary/aromatic N) is 3. The first kappa shape index (κ1) is 13.1. The van der Waals surface area contributed by atoms with Crippen molar-refractivity contribution in [3.05, 3.63) is 46.1 Å². The first-order valence-electron chi connectivity index (χ1n) is 6.39. The van der Waals surface area contributed by atoms with Gasteiger partial charge >= 0.3 is 0 Å². The van der Waals surface area contributed by atoms with Crippen molar-refractivity contribution in [2.45, 2.75) is 13.0 Å². The topological polar surface area (TPSA) is 99.3 Å². The molecular weight excluding hydrogens is 276 g/mol. The number of anilines is 1. The molecule has 0 radical (unpaired) electrons. The number of hydrogen-bond acceptors (Lipinski definition) is 5. The van der Waals surface area contributed by atoms with Crippen LogP contribution < -0.4 is 10.1 Å². The molecule has 1 aliphatic heterocycles. The number of aryl methyl sites for hydroxylation is 1. The van der Waals surface area contributed by atoms with Gasteiger partial charge in [0, 0.05) is 30.8 Å². The number of aromatic nitrogens is 2. The third-order valence-corrected chi connectivity index (χ3v) is 3.10. The summed E-state index contributed by atoms with van der Waals surface area (Å²) in [4.78, 5) is 22.4. The molecule has 0 unspecified atom stereocenters. The second-order valence-electron chi connectivity index (χ2n) is 4.55. The lowest BCUT2D eigenvalue weighted by Crippen LogP contribution is -2.18. The average molecular weight is 288 g/mol. The maximum atomic E-state index is 12.2. The highest BCUT2D eigenvalue weighted by molar-refractivity contribution is 6.05. The summed E-state index contributed by atoms with van der Waals surface area (Å²) >= 11 is 0. The lowest BCUT2D eigenvalue weighted by Gasteiger charge is -2.15. The fourth-order valence-corrected chi connectivity index (χ4v) is 2.12. The molecule has 3 rings (SSSR count). The molecule has 8 nitrogen and oxygen atoms in total. The molecule has 1 amide bonds. The van der Waals surface area contributed by atoms with Crippen molar-refractivity contribution < 1.29 is 14.5 Å². The van der Waals surface area contributed by atoms with Gasteiger partial charge in [-0.15, -0.1) is 0 Å². The first-order valence-corrected chi connectivity index (χ1v) is 6.39. The lowest BCUT2D eigenvalue weighted by atomic mass is 10.2. The Balaban J connectivity index is 1.82. The maximum Gasteiger partial charge on any atom is 0.271 e. The van der Waals surface area contributed by atoms with Crippen LogP contribution in [0.25, 0.3) is 0 Å². The maximum absolute atomic E-state index is 12.2. The molecule has 8 heteroatoms. The van der Waals surface area contributed by atoms with Crippen LogP contribution in [0.3, 0.4) is 0 Å². The molecule has 0 fully saturated rings. The number of nitro groups is 1. The smallest absolute Gasteiger partial charge is 0.271 e. The van der Waals surface area contributed by atoms with Crippen LogP contribution in [0.5, 0.6) is 5.88 Å². The Labute approximate surface area is 119 Å². The summed E-state index contributed by atoms with van der Waals surface area (Å²) in [5.74, 6) is 0.0304. The molecule has 108 valence electrons. The van der Waals surface area contributed by atoms with Crippen molar-refractivity contribution in [1.82, 2.24) is 9.78 Å². The first-order chi connectivity index (χ1) is 10.1. The van der Waals surface area contributed by atoms with E-state index in [4.69, 9.17) is 4.74 Å². The van der Waals surface area contributed by atoms with Gasteiger partial charge in [-0.2, -0.15) is 5.10 Å². The number of ether oxygens (including phenoxy) is 1. The van der Waals surface area contributed by atoms with Gasteiger partial charge in [-0.05, 0) is 6.07 Å². The lowest BCUT2D eigenvalue weighted by molar-refractivity contribution is -0.384. The quantitative estimate of drug-likeness (QED) is 0.686. The van der Waals surface area contributed by atoms with Crippen LogP contribution in [-0.2, 0) is 6.54 Å². The van der Waals surface area contributed by atoms with Crippen LogP contribution in [0.1, 0.15) is 16.8 Å². The van der Waals surface area contributed by atoms with Gasteiger partial charge in [0.05, 0.1) is 17.7 Å². The number of carbonyl (C=O) groups excluding carboxylic acids is 1. The van der Waals surface area contributed by atoms with E-state index in [1.165, 1.54) is 24.4 Å². The number of fused-ring (bicyclic) bond motifs is 1. The third-order valence-electron chi connectivity index (χ3n) is 3.10. The number of non-ortho nitro benzene ring substituents is 1. The zero-order valence-electron chi connectivity index (χ0n) is 11.0. The van der Waals surface area contributed by atoms with E-state index in [2.05, 4.69) is 10.4 Å². The van der Waals surface area contributed by atoms with Gasteiger partial charge in [-0.3, -0.25) is 14.9 Å². The highest BCUT2D eigenvalue weighted by atomic mass is 16.6. The monoisotopic (exact) mass is 288 g/mol. The molecular formula is C13H12N4O4. The van der Waals surface area contributed by atoms with Crippen LogP contribution in [0.15, 0.2) is 30.5 Å². The van der Waals surface area contributed by atoms with E-state index >= 15 is 0 Å². The fraction of sp³-hybridized carbons (Fsp3) is 0.231. The highest BCUT2D eigenvalue weighted by Crippen LogP contribution is 2.24. The molecule has 2 aromatic rings. The number of nitro benzene ring substituents is 1. The van der Waals surface area contributed by atoms with E-state index < -0.39 is 10.8 Å². The standard InChI is InChI=1S/C13H12N4O4/c18-12(11-8-14-16-5-2-6-21-13(11)16)15-9-3-1-4-10(7-9)17(19)20/h1,3-4,7-8H,2,5-6H2,(H,15,18). The van der Waals surface area contributed by atoms with E-state index in [9.17, 15) is 14.9 Å². The zero-order valence-corrected chi connectivity index (χ0v) is 11.0. The van der Waals surface area contributed by atoms with E-state index in [0.29, 0.717) is 30.3 Å². The Morgan fingerprint density at radius 3 is 3.14 bits per heavy atom. The van der Waals surface area contributed by atoms with Crippen molar-refractivity contribution in [3.8, 4) is 5.88 Å². The minimum atomic E-state index is -0.513. The molecule has 0 atom stereocenters. The van der Waals surface area contributed by atoms with Crippen LogP contribution in [0.2, 0.25) is 0 Å². The van der Waals surface area contributed by atoms with Gasteiger partial charge in [0.2, 0.25) is 5.88 Å². The van der Waals surface area contributed by atoms with Crippen LogP contribution >= 0.6 is 0 Å². The molecule has 1 aromatic carbocycles. The summed E-state index contributed by atoms with van der Waals surface area (Å²) in [6, 6.07) is 5.76. The van der Waals surface area contributed by atoms with Gasteiger partial charge in [0.25, 0.3) is 11.6 Å². The van der Waals surface area contributed by atoms with Gasteiger partial charge in [0.1, 0.15) is 5.56 Å². The zero-order chi connectivity index (χ0) is 14.8. The molecule has 1 N–H and O–H groups in total. The minimum Gasteiger partial charge on any atom is -0.477 e. The van der Waals surface area contributed by atoms with Crippen molar-refractivity contribution in [2.75, 3.05) is 11.9 Å². The molecule has 0 aliphatic carbocycles. The largest absolute Gasteiger partial charge is 0.477 e. The van der Waals surface area contributed by atoms with Gasteiger partial charge in [-0.25, -0.2) is 4.68 Å². The van der Waals surface area contributed by atoms with Gasteiger partial charge in [0.15, 0.2) is 0 Å². The number of rotatable bonds is 3. The molecule has 21 heavy (non-hydrogen) atoms. The summed E-state index contributed by atoms with van der Waals surface area (Å²) in [7, 11) is 0. The van der Waals surface area contributed by atoms with E-state index in [1.54, 1.807) is 10.7 Å². The fourth-order valence-electron chi connectivity index (χ4n) is 2.12. The molecule has 2 heterocycles. The predicted molar refractivity (Wildman–Crippen MR) is 73.4 cm³/mol. The van der Waals surface area contributed by atoms with Crippen molar-refractivity contribution in [3.63, 3.8) is 0 Å². The highest BCUT2D eigenvalue weighted by Gasteiger charge is 2.21. The SMILES string of the molecule is O=C(Nc1cccc([N+](=O)[O-])c1)c1cnn2c1OCCC2. The average Bonchev–Trinajstić information content (AvgIpc) is 2.91. The number of benzene rings is 1. The molecule has 1 aromatic heterocycles. The summed E-state index contributed by atoms with van der Waals surface area (Å²) in [5, 5.41) is 17.4. The second-order valence-corrected chi connectivity index (χ2v) is 4.55. The molecule has 0 saturated carbocycles. The van der Waals surface area contributed by atoms with Crippen molar-refractivity contribution >= 4 is 17.3 Å². The molecule has 0 bridgehead atoms. The van der Waals surface area contributed by atoms with E-state index in [1.807, 2.05) is 0 Å². The number of hydrogen-bond donors (Lipinski definition) is 1. The van der Waals surface area contributed by atoms with Gasteiger partial charge < -0.3 is 10.1 Å². The van der Waals surface area contributed by atoms with Crippen molar-refractivity contribution in [1.29, 1.82) is 0 Å². The summed E-state index contributed by atoms with van der Waals surface area (Å²) < 4.78 is 7.08. The Kier molecular flexibility index (Phi) is 3.27. The van der Waals surface area contributed by atoms with Gasteiger partial charge in [-0.1, -0.05) is 6.07 Å². The summed E-state index contributed by atoms with van der Waals surface area (Å²) in [6.07, 6.45) is 2.29. The van der Waals surface area contributed by atoms with Crippen molar-refractivity contribution in [2.24, 2.45) is 0 Å². The molecule has 0 saturated heterocycles. The molecule has 1 aliphatic rings. The van der Waals surface area contributed by atoms with Crippen LogP contribution in [-0.4, -0.2) is 27.2 Å². The Bertz CT molecular complexity index is 710. The Morgan fingerprint density at radius 2 is 2.33 bits per heavy atom. The Hall–Kier alpha value is -2.90. The van der Waals surface area contributed by atoms with E-state index in [0.717, 1.165) is 6.42 Å². The van der Waals surface area contributed by atoms with Crippen LogP contribution in [0.4, 0.5) is 11.4 Å². The number of carbonyl (C=O) groups is 1. The second kappa shape index (κ2) is 5.23. The summed E-state index contributed by atoms with van der Waals surface area (Å²) in [6.45, 7) is 1.25. The number of amides is 1. The normalized spacial score (nSPS) is 13.1. The summed E-state index contributed by atoms with van der Waals surface area (Å²) in [5.41, 5.74) is 0.590. The Morgan fingerprint density at radius 1 is 1.48 bits per heavy atom.